The lowest BCUT2D eigenvalue weighted by atomic mass is 10.2. The van der Waals surface area contributed by atoms with Crippen LogP contribution in [0.15, 0.2) is 40.1 Å². The molecule has 0 radical (unpaired) electrons. The molecule has 0 atom stereocenters. The first-order valence-electron chi connectivity index (χ1n) is 6.63. The normalized spacial score (nSPS) is 11.3. The van der Waals surface area contributed by atoms with Gasteiger partial charge in [-0.1, -0.05) is 11.6 Å². The predicted octanol–water partition coefficient (Wildman–Crippen LogP) is 2.24. The van der Waals surface area contributed by atoms with Gasteiger partial charge in [0.15, 0.2) is 0 Å². The summed E-state index contributed by atoms with van der Waals surface area (Å²) in [5.74, 6) is -0.630. The van der Waals surface area contributed by atoms with Crippen molar-refractivity contribution < 1.29 is 18.0 Å². The summed E-state index contributed by atoms with van der Waals surface area (Å²) in [6.45, 7) is -0.0575. The number of hydrogen-bond donors (Lipinski definition) is 2. The quantitative estimate of drug-likeness (QED) is 0.876. The zero-order valence-corrected chi connectivity index (χ0v) is 12.7. The number of nitrogens with one attached hydrogen (secondary N) is 2. The predicted molar refractivity (Wildman–Crippen MR) is 81.0 cm³/mol. The Morgan fingerprint density at radius 2 is 1.96 bits per heavy atom. The fourth-order valence-electron chi connectivity index (χ4n) is 1.85. The van der Waals surface area contributed by atoms with Crippen molar-refractivity contribution in [2.45, 2.75) is 19.1 Å². The Bertz CT molecular complexity index is 874. The Morgan fingerprint density at radius 1 is 1.25 bits per heavy atom. The first-order valence-corrected chi connectivity index (χ1v) is 7.01. The summed E-state index contributed by atoms with van der Waals surface area (Å²) in [5.41, 5.74) is -2.38. The molecule has 1 amide bonds. The van der Waals surface area contributed by atoms with Crippen molar-refractivity contribution in [3.05, 3.63) is 61.9 Å². The second kappa shape index (κ2) is 6.91. The summed E-state index contributed by atoms with van der Waals surface area (Å²) >= 11 is 5.77. The molecule has 0 bridgehead atoms. The Labute approximate surface area is 137 Å². The molecule has 0 saturated carbocycles. The smallest absolute Gasteiger partial charge is 0.325 e. The number of carbonyl (C=O) groups is 1. The van der Waals surface area contributed by atoms with Gasteiger partial charge in [0.2, 0.25) is 5.91 Å². The van der Waals surface area contributed by atoms with E-state index in [-0.39, 0.29) is 23.7 Å². The van der Waals surface area contributed by atoms with Crippen molar-refractivity contribution in [2.75, 3.05) is 5.32 Å². The number of anilines is 1. The van der Waals surface area contributed by atoms with Crippen molar-refractivity contribution in [1.29, 1.82) is 0 Å². The van der Waals surface area contributed by atoms with Gasteiger partial charge in [-0.05, 0) is 18.2 Å². The Balaban J connectivity index is 2.07. The summed E-state index contributed by atoms with van der Waals surface area (Å²) in [4.78, 5) is 36.2. The van der Waals surface area contributed by atoms with Crippen LogP contribution in [0, 0.1) is 0 Å². The van der Waals surface area contributed by atoms with Crippen LogP contribution in [-0.4, -0.2) is 15.5 Å². The van der Waals surface area contributed by atoms with E-state index in [9.17, 15) is 27.6 Å². The van der Waals surface area contributed by atoms with E-state index in [2.05, 4.69) is 5.32 Å². The molecule has 1 heterocycles. The highest BCUT2D eigenvalue weighted by atomic mass is 35.5. The highest BCUT2D eigenvalue weighted by Crippen LogP contribution is 2.33. The van der Waals surface area contributed by atoms with Crippen LogP contribution in [0.3, 0.4) is 0 Å². The number of aromatic amines is 1. The molecule has 1 aromatic carbocycles. The van der Waals surface area contributed by atoms with Crippen LogP contribution in [0.2, 0.25) is 5.02 Å². The van der Waals surface area contributed by atoms with Gasteiger partial charge in [0.25, 0.3) is 5.56 Å². The minimum atomic E-state index is -4.56. The molecule has 6 nitrogen and oxygen atoms in total. The second-order valence-corrected chi connectivity index (χ2v) is 5.20. The van der Waals surface area contributed by atoms with Gasteiger partial charge in [-0.25, -0.2) is 4.79 Å². The van der Waals surface area contributed by atoms with E-state index < -0.39 is 28.9 Å². The van der Waals surface area contributed by atoms with Crippen LogP contribution in [0.4, 0.5) is 18.9 Å². The molecule has 0 aliphatic carbocycles. The van der Waals surface area contributed by atoms with Crippen molar-refractivity contribution in [2.24, 2.45) is 0 Å². The molecule has 0 unspecified atom stereocenters. The summed E-state index contributed by atoms with van der Waals surface area (Å²) < 4.78 is 39.1. The number of hydrogen-bond acceptors (Lipinski definition) is 3. The number of H-pyrrole nitrogens is 1. The maximum Gasteiger partial charge on any atom is 0.416 e. The second-order valence-electron chi connectivity index (χ2n) is 4.79. The van der Waals surface area contributed by atoms with Gasteiger partial charge in [0.1, 0.15) is 0 Å². The standard InChI is InChI=1S/C14H11ClF3N3O3/c15-9-2-1-8(14(16,17)18)7-10(9)19-11(22)3-5-21-6-4-12(23)20-13(21)24/h1-2,4,6-7H,3,5H2,(H,19,22)(H,20,23,24). The van der Waals surface area contributed by atoms with Crippen molar-refractivity contribution in [3.63, 3.8) is 0 Å². The summed E-state index contributed by atoms with van der Waals surface area (Å²) in [6, 6.07) is 3.68. The molecule has 0 aliphatic rings. The molecule has 0 aliphatic heterocycles. The van der Waals surface area contributed by atoms with Gasteiger partial charge in [0, 0.05) is 25.2 Å². The first-order chi connectivity index (χ1) is 11.2. The molecule has 1 aromatic heterocycles. The zero-order chi connectivity index (χ0) is 17.9. The SMILES string of the molecule is O=C(CCn1ccc(=O)[nH]c1=O)Nc1cc(C(F)(F)F)ccc1Cl. The van der Waals surface area contributed by atoms with E-state index in [1.807, 2.05) is 4.98 Å². The topological polar surface area (TPSA) is 84.0 Å². The highest BCUT2D eigenvalue weighted by molar-refractivity contribution is 6.33. The van der Waals surface area contributed by atoms with Crippen molar-refractivity contribution >= 4 is 23.2 Å². The fourth-order valence-corrected chi connectivity index (χ4v) is 2.02. The number of alkyl halides is 3. The third-order valence-corrected chi connectivity index (χ3v) is 3.37. The van der Waals surface area contributed by atoms with Gasteiger partial charge >= 0.3 is 11.9 Å². The number of amides is 1. The third kappa shape index (κ3) is 4.48. The molecule has 24 heavy (non-hydrogen) atoms. The minimum absolute atomic E-state index is 0.0439. The fraction of sp³-hybridized carbons (Fsp3) is 0.214. The Hall–Kier alpha value is -2.55. The molecular formula is C14H11ClF3N3O3. The summed E-state index contributed by atoms with van der Waals surface area (Å²) in [5, 5.41) is 2.22. The van der Waals surface area contributed by atoms with E-state index >= 15 is 0 Å². The van der Waals surface area contributed by atoms with E-state index in [1.165, 1.54) is 6.20 Å². The molecular weight excluding hydrogens is 351 g/mol. The first kappa shape index (κ1) is 17.8. The molecule has 0 fully saturated rings. The van der Waals surface area contributed by atoms with E-state index in [0.29, 0.717) is 0 Å². The molecule has 128 valence electrons. The van der Waals surface area contributed by atoms with Crippen LogP contribution in [0.25, 0.3) is 0 Å². The monoisotopic (exact) mass is 361 g/mol. The minimum Gasteiger partial charge on any atom is -0.325 e. The van der Waals surface area contributed by atoms with Gasteiger partial charge < -0.3 is 9.88 Å². The van der Waals surface area contributed by atoms with E-state index in [4.69, 9.17) is 11.6 Å². The van der Waals surface area contributed by atoms with Gasteiger partial charge in [-0.3, -0.25) is 14.6 Å². The Kier molecular flexibility index (Phi) is 5.13. The lowest BCUT2D eigenvalue weighted by Crippen LogP contribution is -2.29. The number of carbonyl (C=O) groups excluding carboxylic acids is 1. The molecule has 10 heteroatoms. The van der Waals surface area contributed by atoms with Crippen molar-refractivity contribution in [3.8, 4) is 0 Å². The summed E-state index contributed by atoms with van der Waals surface area (Å²) in [6.07, 6.45) is -3.54. The number of aromatic nitrogens is 2. The van der Waals surface area contributed by atoms with Crippen LogP contribution < -0.4 is 16.6 Å². The number of halogens is 4. The van der Waals surface area contributed by atoms with E-state index in [1.54, 1.807) is 0 Å². The highest BCUT2D eigenvalue weighted by Gasteiger charge is 2.31. The molecule has 0 spiro atoms. The van der Waals surface area contributed by atoms with Crippen LogP contribution >= 0.6 is 11.6 Å². The van der Waals surface area contributed by atoms with Gasteiger partial charge in [0.05, 0.1) is 16.3 Å². The maximum atomic E-state index is 12.7. The average Bonchev–Trinajstić information content (AvgIpc) is 2.47. The van der Waals surface area contributed by atoms with Crippen molar-refractivity contribution in [1.82, 2.24) is 9.55 Å². The average molecular weight is 362 g/mol. The number of aryl methyl sites for hydroxylation is 1. The summed E-state index contributed by atoms with van der Waals surface area (Å²) in [7, 11) is 0. The molecule has 2 rings (SSSR count). The van der Waals surface area contributed by atoms with Gasteiger partial charge in [-0.15, -0.1) is 0 Å². The maximum absolute atomic E-state index is 12.7. The Morgan fingerprint density at radius 3 is 2.58 bits per heavy atom. The van der Waals surface area contributed by atoms with Crippen LogP contribution in [-0.2, 0) is 17.5 Å². The molecule has 2 aromatic rings. The van der Waals surface area contributed by atoms with Gasteiger partial charge in [-0.2, -0.15) is 13.2 Å². The third-order valence-electron chi connectivity index (χ3n) is 3.04. The van der Waals surface area contributed by atoms with E-state index in [0.717, 1.165) is 28.8 Å². The largest absolute Gasteiger partial charge is 0.416 e. The lowest BCUT2D eigenvalue weighted by molar-refractivity contribution is -0.137. The zero-order valence-electron chi connectivity index (χ0n) is 12.0. The van der Waals surface area contributed by atoms with Crippen LogP contribution in [0.1, 0.15) is 12.0 Å². The molecule has 0 saturated heterocycles. The number of benzene rings is 1. The number of nitrogens with zero attached hydrogens (tertiary/aromatic N) is 1. The lowest BCUT2D eigenvalue weighted by Gasteiger charge is -2.12. The van der Waals surface area contributed by atoms with Crippen LogP contribution in [0.5, 0.6) is 0 Å². The number of rotatable bonds is 4. The molecule has 2 N–H and O–H groups in total.